The predicted octanol–water partition coefficient (Wildman–Crippen LogP) is 2.72. The molecule has 3 fully saturated rings. The van der Waals surface area contributed by atoms with Gasteiger partial charge in [0, 0.05) is 31.9 Å². The average Bonchev–Trinajstić information content (AvgIpc) is 3.40. The molecule has 0 spiro atoms. The van der Waals surface area contributed by atoms with E-state index in [4.69, 9.17) is 0 Å². The zero-order valence-electron chi connectivity index (χ0n) is 11.9. The number of piperazine rings is 1. The fourth-order valence-corrected chi connectivity index (χ4v) is 3.32. The van der Waals surface area contributed by atoms with E-state index >= 15 is 0 Å². The van der Waals surface area contributed by atoms with Crippen molar-refractivity contribution in [3.05, 3.63) is 29.3 Å². The number of rotatable bonds is 4. The van der Waals surface area contributed by atoms with Gasteiger partial charge in [0.15, 0.2) is 0 Å². The van der Waals surface area contributed by atoms with Gasteiger partial charge in [-0.25, -0.2) is 0 Å². The van der Waals surface area contributed by atoms with Crippen molar-refractivity contribution in [3.63, 3.8) is 0 Å². The summed E-state index contributed by atoms with van der Waals surface area (Å²) in [5.74, 6) is 1.64. The summed E-state index contributed by atoms with van der Waals surface area (Å²) < 4.78 is 0. The van der Waals surface area contributed by atoms with Gasteiger partial charge in [-0.3, -0.25) is 4.79 Å². The molecule has 1 aliphatic heterocycles. The number of carbonyl (C=O) groups is 1. The van der Waals surface area contributed by atoms with E-state index in [1.54, 1.807) is 11.1 Å². The first-order chi connectivity index (χ1) is 9.85. The summed E-state index contributed by atoms with van der Waals surface area (Å²) in [6, 6.07) is 7.17. The molecule has 3 nitrogen and oxygen atoms in total. The zero-order chi connectivity index (χ0) is 13.5. The van der Waals surface area contributed by atoms with Crippen LogP contribution in [0, 0.1) is 0 Å². The standard InChI is InChI=1S/C17H22N2O/c20-12-18-7-9-19(10-8-18)17-6-5-15(13-1-2-13)11-16(17)14-3-4-14/h5-6,11-14H,1-4,7-10H2. The molecule has 106 valence electrons. The fourth-order valence-electron chi connectivity index (χ4n) is 3.32. The largest absolute Gasteiger partial charge is 0.368 e. The number of hydrogen-bond acceptors (Lipinski definition) is 2. The summed E-state index contributed by atoms with van der Waals surface area (Å²) in [6.45, 7) is 3.67. The van der Waals surface area contributed by atoms with Gasteiger partial charge < -0.3 is 9.80 Å². The van der Waals surface area contributed by atoms with Crippen LogP contribution in [0.3, 0.4) is 0 Å². The Kier molecular flexibility index (Phi) is 2.94. The highest BCUT2D eigenvalue weighted by Crippen LogP contribution is 2.48. The molecular weight excluding hydrogens is 248 g/mol. The van der Waals surface area contributed by atoms with Crippen LogP contribution in [0.4, 0.5) is 5.69 Å². The molecule has 1 aromatic carbocycles. The average molecular weight is 270 g/mol. The normalized spacial score (nSPS) is 23.0. The van der Waals surface area contributed by atoms with Crippen LogP contribution in [-0.4, -0.2) is 37.5 Å². The number of hydrogen-bond donors (Lipinski definition) is 0. The fraction of sp³-hybridized carbons (Fsp3) is 0.588. The molecule has 0 bridgehead atoms. The molecular formula is C17H22N2O. The molecule has 0 radical (unpaired) electrons. The Morgan fingerprint density at radius 2 is 1.65 bits per heavy atom. The third-order valence-electron chi connectivity index (χ3n) is 4.92. The van der Waals surface area contributed by atoms with E-state index in [0.717, 1.165) is 44.4 Å². The molecule has 0 aromatic heterocycles. The van der Waals surface area contributed by atoms with E-state index in [1.807, 2.05) is 4.90 Å². The van der Waals surface area contributed by atoms with Crippen molar-refractivity contribution in [1.29, 1.82) is 0 Å². The highest BCUT2D eigenvalue weighted by molar-refractivity contribution is 5.59. The monoisotopic (exact) mass is 270 g/mol. The number of nitrogens with zero attached hydrogens (tertiary/aromatic N) is 2. The second-order valence-corrected chi connectivity index (χ2v) is 6.50. The van der Waals surface area contributed by atoms with Crippen molar-refractivity contribution >= 4 is 12.1 Å². The van der Waals surface area contributed by atoms with Crippen molar-refractivity contribution in [3.8, 4) is 0 Å². The quantitative estimate of drug-likeness (QED) is 0.785. The van der Waals surface area contributed by atoms with Crippen LogP contribution < -0.4 is 4.90 Å². The lowest BCUT2D eigenvalue weighted by atomic mass is 10.0. The summed E-state index contributed by atoms with van der Waals surface area (Å²) >= 11 is 0. The van der Waals surface area contributed by atoms with Gasteiger partial charge in [-0.05, 0) is 54.7 Å². The molecule has 2 saturated carbocycles. The predicted molar refractivity (Wildman–Crippen MR) is 80.2 cm³/mol. The van der Waals surface area contributed by atoms with Gasteiger partial charge in [0.05, 0.1) is 0 Å². The summed E-state index contributed by atoms with van der Waals surface area (Å²) in [6.07, 6.45) is 6.45. The van der Waals surface area contributed by atoms with Crippen molar-refractivity contribution < 1.29 is 4.79 Å². The maximum atomic E-state index is 10.8. The maximum absolute atomic E-state index is 10.8. The van der Waals surface area contributed by atoms with E-state index in [-0.39, 0.29) is 0 Å². The third kappa shape index (κ3) is 2.30. The summed E-state index contributed by atoms with van der Waals surface area (Å²) in [5, 5.41) is 0. The van der Waals surface area contributed by atoms with E-state index in [1.165, 1.54) is 31.4 Å². The third-order valence-corrected chi connectivity index (χ3v) is 4.92. The first kappa shape index (κ1) is 12.2. The molecule has 0 N–H and O–H groups in total. The number of carbonyl (C=O) groups excluding carboxylic acids is 1. The Morgan fingerprint density at radius 1 is 0.950 bits per heavy atom. The van der Waals surface area contributed by atoms with Crippen LogP contribution in [0.5, 0.6) is 0 Å². The first-order valence-corrected chi connectivity index (χ1v) is 7.93. The van der Waals surface area contributed by atoms with Gasteiger partial charge in [0.1, 0.15) is 0 Å². The molecule has 3 aliphatic rings. The van der Waals surface area contributed by atoms with E-state index in [0.29, 0.717) is 0 Å². The Balaban J connectivity index is 1.58. The highest BCUT2D eigenvalue weighted by Gasteiger charge is 2.31. The van der Waals surface area contributed by atoms with Gasteiger partial charge in [0.25, 0.3) is 0 Å². The molecule has 1 aromatic rings. The molecule has 1 saturated heterocycles. The number of amides is 1. The second-order valence-electron chi connectivity index (χ2n) is 6.50. The molecule has 20 heavy (non-hydrogen) atoms. The Bertz CT molecular complexity index is 512. The minimum atomic E-state index is 0.799. The lowest BCUT2D eigenvalue weighted by Gasteiger charge is -2.35. The van der Waals surface area contributed by atoms with Crippen molar-refractivity contribution in [2.24, 2.45) is 0 Å². The van der Waals surface area contributed by atoms with Crippen LogP contribution in [0.2, 0.25) is 0 Å². The van der Waals surface area contributed by atoms with Crippen LogP contribution in [0.25, 0.3) is 0 Å². The lowest BCUT2D eigenvalue weighted by Crippen LogP contribution is -2.46. The SMILES string of the molecule is O=CN1CCN(c2ccc(C3CC3)cc2C2CC2)CC1. The summed E-state index contributed by atoms with van der Waals surface area (Å²) in [5.41, 5.74) is 4.57. The van der Waals surface area contributed by atoms with Crippen LogP contribution in [0.15, 0.2) is 18.2 Å². The van der Waals surface area contributed by atoms with Gasteiger partial charge in [-0.2, -0.15) is 0 Å². The molecule has 0 atom stereocenters. The number of anilines is 1. The highest BCUT2D eigenvalue weighted by atomic mass is 16.1. The maximum Gasteiger partial charge on any atom is 0.209 e. The molecule has 2 aliphatic carbocycles. The van der Waals surface area contributed by atoms with Crippen molar-refractivity contribution in [2.75, 3.05) is 31.1 Å². The van der Waals surface area contributed by atoms with Crippen molar-refractivity contribution in [1.82, 2.24) is 4.90 Å². The Morgan fingerprint density at radius 3 is 2.25 bits per heavy atom. The van der Waals surface area contributed by atoms with Gasteiger partial charge in [-0.1, -0.05) is 12.1 Å². The molecule has 3 heteroatoms. The Hall–Kier alpha value is -1.51. The topological polar surface area (TPSA) is 23.6 Å². The summed E-state index contributed by atoms with van der Waals surface area (Å²) in [4.78, 5) is 15.2. The molecule has 1 heterocycles. The van der Waals surface area contributed by atoms with E-state index in [9.17, 15) is 4.79 Å². The Labute approximate surface area is 120 Å². The van der Waals surface area contributed by atoms with Gasteiger partial charge in [-0.15, -0.1) is 0 Å². The smallest absolute Gasteiger partial charge is 0.209 e. The van der Waals surface area contributed by atoms with Gasteiger partial charge >= 0.3 is 0 Å². The minimum Gasteiger partial charge on any atom is -0.368 e. The van der Waals surface area contributed by atoms with Crippen LogP contribution >= 0.6 is 0 Å². The molecule has 4 rings (SSSR count). The molecule has 0 unspecified atom stereocenters. The first-order valence-electron chi connectivity index (χ1n) is 7.93. The van der Waals surface area contributed by atoms with Crippen LogP contribution in [0.1, 0.15) is 48.6 Å². The second kappa shape index (κ2) is 4.80. The van der Waals surface area contributed by atoms with E-state index < -0.39 is 0 Å². The summed E-state index contributed by atoms with van der Waals surface area (Å²) in [7, 11) is 0. The van der Waals surface area contributed by atoms with E-state index in [2.05, 4.69) is 23.1 Å². The van der Waals surface area contributed by atoms with Crippen LogP contribution in [-0.2, 0) is 4.79 Å². The van der Waals surface area contributed by atoms with Gasteiger partial charge in [0.2, 0.25) is 6.41 Å². The van der Waals surface area contributed by atoms with Crippen molar-refractivity contribution in [2.45, 2.75) is 37.5 Å². The number of benzene rings is 1. The lowest BCUT2D eigenvalue weighted by molar-refractivity contribution is -0.118. The molecule has 1 amide bonds. The zero-order valence-corrected chi connectivity index (χ0v) is 11.9. The minimum absolute atomic E-state index is 0.799.